The lowest BCUT2D eigenvalue weighted by atomic mass is 10.2. The molecule has 0 amide bonds. The van der Waals surface area contributed by atoms with Crippen molar-refractivity contribution in [3.63, 3.8) is 0 Å². The van der Waals surface area contributed by atoms with Crippen LogP contribution in [0.1, 0.15) is 0 Å². The van der Waals surface area contributed by atoms with Crippen LogP contribution in [-0.2, 0) is 0 Å². The first-order chi connectivity index (χ1) is 10.7. The average molecular weight is 305 g/mol. The number of hydrogen-bond donors (Lipinski definition) is 2. The van der Waals surface area contributed by atoms with Gasteiger partial charge in [-0.05, 0) is 12.1 Å². The van der Waals surface area contributed by atoms with Crippen LogP contribution in [0.3, 0.4) is 0 Å². The summed E-state index contributed by atoms with van der Waals surface area (Å²) >= 11 is 0. The highest BCUT2D eigenvalue weighted by molar-refractivity contribution is 5.56. The molecule has 3 rings (SSSR count). The second kappa shape index (κ2) is 6.65. The molecule has 1 aromatic carbocycles. The van der Waals surface area contributed by atoms with E-state index in [1.54, 1.807) is 17.4 Å². The van der Waals surface area contributed by atoms with Crippen molar-refractivity contribution in [3.8, 4) is 0 Å². The van der Waals surface area contributed by atoms with Crippen LogP contribution < -0.4 is 10.3 Å². The van der Waals surface area contributed by atoms with Crippen LogP contribution in [0.5, 0.6) is 0 Å². The van der Waals surface area contributed by atoms with Crippen molar-refractivity contribution in [1.82, 2.24) is 15.3 Å². The van der Waals surface area contributed by atoms with E-state index in [1.165, 1.54) is 12.3 Å². The predicted molar refractivity (Wildman–Crippen MR) is 84.1 cm³/mol. The Bertz CT molecular complexity index is 569. The van der Waals surface area contributed by atoms with Crippen LogP contribution in [0.2, 0.25) is 0 Å². The summed E-state index contributed by atoms with van der Waals surface area (Å²) in [5, 5.41) is 11.1. The Balaban J connectivity index is 1.45. The minimum atomic E-state index is -0.160. The van der Waals surface area contributed by atoms with Crippen molar-refractivity contribution in [2.24, 2.45) is 4.99 Å². The fourth-order valence-electron chi connectivity index (χ4n) is 2.67. The maximum absolute atomic E-state index is 13.8. The third-order valence-corrected chi connectivity index (χ3v) is 3.88. The number of nitrogens with one attached hydrogen (secondary N) is 1. The van der Waals surface area contributed by atoms with E-state index in [9.17, 15) is 9.50 Å². The number of benzene rings is 1. The lowest BCUT2D eigenvalue weighted by Gasteiger charge is -2.37. The van der Waals surface area contributed by atoms with E-state index in [4.69, 9.17) is 0 Å². The van der Waals surface area contributed by atoms with Crippen LogP contribution >= 0.6 is 0 Å². The largest absolute Gasteiger partial charge is 0.493 e. The van der Waals surface area contributed by atoms with Crippen molar-refractivity contribution >= 4 is 12.0 Å². The molecule has 0 atom stereocenters. The van der Waals surface area contributed by atoms with Crippen molar-refractivity contribution < 1.29 is 9.50 Å². The van der Waals surface area contributed by atoms with Gasteiger partial charge in [-0.3, -0.25) is 15.3 Å². The summed E-state index contributed by atoms with van der Waals surface area (Å²) < 4.78 is 13.8. The highest BCUT2D eigenvalue weighted by Gasteiger charge is 2.19. The van der Waals surface area contributed by atoms with E-state index in [1.807, 2.05) is 12.1 Å². The second-order valence-electron chi connectivity index (χ2n) is 5.36. The first kappa shape index (κ1) is 14.6. The van der Waals surface area contributed by atoms with Gasteiger partial charge < -0.3 is 10.0 Å². The molecule has 1 aromatic rings. The zero-order chi connectivity index (χ0) is 15.4. The van der Waals surface area contributed by atoms with Crippen LogP contribution in [-0.4, -0.2) is 60.6 Å². The van der Waals surface area contributed by atoms with Gasteiger partial charge in [0.05, 0.1) is 18.4 Å². The van der Waals surface area contributed by atoms with Gasteiger partial charge in [-0.2, -0.15) is 0 Å². The quantitative estimate of drug-likeness (QED) is 0.874. The molecule has 0 spiro atoms. The number of anilines is 1. The molecule has 0 aliphatic carbocycles. The minimum absolute atomic E-state index is 0.0480. The van der Waals surface area contributed by atoms with Gasteiger partial charge in [0.25, 0.3) is 0 Å². The van der Waals surface area contributed by atoms with E-state index in [-0.39, 0.29) is 11.7 Å². The van der Waals surface area contributed by atoms with Gasteiger partial charge in [0.2, 0.25) is 5.88 Å². The molecule has 118 valence electrons. The van der Waals surface area contributed by atoms with E-state index < -0.39 is 0 Å². The van der Waals surface area contributed by atoms with Gasteiger partial charge in [0.1, 0.15) is 12.2 Å². The molecular weight excluding hydrogens is 285 g/mol. The fraction of sp³-hybridized carbons (Fsp3) is 0.400. The monoisotopic (exact) mass is 305 g/mol. The van der Waals surface area contributed by atoms with Crippen LogP contribution in [0, 0.1) is 5.82 Å². The van der Waals surface area contributed by atoms with Gasteiger partial charge in [0, 0.05) is 32.7 Å². The van der Waals surface area contributed by atoms with Crippen molar-refractivity contribution in [1.29, 1.82) is 0 Å². The lowest BCUT2D eigenvalue weighted by molar-refractivity contribution is 0.196. The Morgan fingerprint density at radius 2 is 1.91 bits per heavy atom. The van der Waals surface area contributed by atoms with Crippen LogP contribution in [0.4, 0.5) is 10.1 Å². The lowest BCUT2D eigenvalue weighted by Crippen LogP contribution is -2.50. The zero-order valence-electron chi connectivity index (χ0n) is 12.3. The molecule has 0 radical (unpaired) electrons. The SMILES string of the molecule is OC1=CN=CN(CCN2CCN(c3ccccc3F)CC2)N1. The number of hydrazine groups is 1. The number of para-hydroxylation sites is 1. The Morgan fingerprint density at radius 1 is 1.14 bits per heavy atom. The van der Waals surface area contributed by atoms with Gasteiger partial charge in [-0.15, -0.1) is 0 Å². The second-order valence-corrected chi connectivity index (χ2v) is 5.36. The Kier molecular flexibility index (Phi) is 4.43. The number of nitrogens with zero attached hydrogens (tertiary/aromatic N) is 4. The topological polar surface area (TPSA) is 54.3 Å². The third-order valence-electron chi connectivity index (χ3n) is 3.88. The van der Waals surface area contributed by atoms with Gasteiger partial charge in [-0.1, -0.05) is 12.1 Å². The molecule has 2 aliphatic rings. The number of piperazine rings is 1. The van der Waals surface area contributed by atoms with Gasteiger partial charge in [0.15, 0.2) is 0 Å². The molecule has 2 N–H and O–H groups in total. The summed E-state index contributed by atoms with van der Waals surface area (Å²) in [5.74, 6) is -0.112. The van der Waals surface area contributed by atoms with Crippen molar-refractivity contribution in [3.05, 3.63) is 42.2 Å². The highest BCUT2D eigenvalue weighted by Crippen LogP contribution is 2.19. The summed E-state index contributed by atoms with van der Waals surface area (Å²) in [6.07, 6.45) is 3.01. The molecule has 0 aromatic heterocycles. The molecule has 1 fully saturated rings. The Labute approximate surface area is 129 Å². The number of aliphatic hydroxyl groups excluding tert-OH is 1. The predicted octanol–water partition coefficient (Wildman–Crippen LogP) is 1.15. The maximum atomic E-state index is 13.8. The summed E-state index contributed by atoms with van der Waals surface area (Å²) in [4.78, 5) is 8.33. The van der Waals surface area contributed by atoms with Crippen molar-refractivity contribution in [2.45, 2.75) is 0 Å². The van der Waals surface area contributed by atoms with E-state index >= 15 is 0 Å². The average Bonchev–Trinajstić information content (AvgIpc) is 2.54. The molecule has 2 aliphatic heterocycles. The Hall–Kier alpha value is -2.28. The summed E-state index contributed by atoms with van der Waals surface area (Å²) in [6.45, 7) is 4.99. The molecule has 0 saturated carbocycles. The fourth-order valence-corrected chi connectivity index (χ4v) is 2.67. The third kappa shape index (κ3) is 3.48. The highest BCUT2D eigenvalue weighted by atomic mass is 19.1. The molecule has 1 saturated heterocycles. The molecule has 0 bridgehead atoms. The minimum Gasteiger partial charge on any atom is -0.493 e. The standard InChI is InChI=1S/C15H20FN5O/c16-13-3-1-2-4-14(13)20-8-5-19(6-9-20)7-10-21-12-17-11-15(22)18-21/h1-4,11-12,18,22H,5-10H2. The molecule has 22 heavy (non-hydrogen) atoms. The zero-order valence-corrected chi connectivity index (χ0v) is 12.3. The maximum Gasteiger partial charge on any atom is 0.222 e. The number of aliphatic hydroxyl groups is 1. The Morgan fingerprint density at radius 3 is 2.64 bits per heavy atom. The van der Waals surface area contributed by atoms with Gasteiger partial charge >= 0.3 is 0 Å². The van der Waals surface area contributed by atoms with Crippen molar-refractivity contribution in [2.75, 3.05) is 44.2 Å². The molecular formula is C15H20FN5O. The van der Waals surface area contributed by atoms with E-state index in [2.05, 4.69) is 20.2 Å². The molecule has 2 heterocycles. The number of hydrogen-bond acceptors (Lipinski definition) is 6. The molecule has 0 unspecified atom stereocenters. The van der Waals surface area contributed by atoms with Crippen LogP contribution in [0.15, 0.2) is 41.3 Å². The molecule has 6 nitrogen and oxygen atoms in total. The van der Waals surface area contributed by atoms with Crippen LogP contribution in [0.25, 0.3) is 0 Å². The number of rotatable bonds is 4. The normalized spacial score (nSPS) is 19.0. The van der Waals surface area contributed by atoms with E-state index in [0.29, 0.717) is 5.69 Å². The van der Waals surface area contributed by atoms with E-state index in [0.717, 1.165) is 39.3 Å². The number of aliphatic imine (C=N–C) groups is 1. The summed E-state index contributed by atoms with van der Waals surface area (Å²) in [6, 6.07) is 6.91. The smallest absolute Gasteiger partial charge is 0.222 e. The van der Waals surface area contributed by atoms with Gasteiger partial charge in [-0.25, -0.2) is 9.38 Å². The first-order valence-corrected chi connectivity index (χ1v) is 7.40. The summed E-state index contributed by atoms with van der Waals surface area (Å²) in [5.41, 5.74) is 3.49. The summed E-state index contributed by atoms with van der Waals surface area (Å²) in [7, 11) is 0. The first-order valence-electron chi connectivity index (χ1n) is 7.40. The number of halogens is 1. The molecule has 7 heteroatoms.